The van der Waals surface area contributed by atoms with Crippen molar-refractivity contribution in [1.82, 2.24) is 5.32 Å². The first kappa shape index (κ1) is 17.7. The minimum absolute atomic E-state index is 0.0391. The van der Waals surface area contributed by atoms with Crippen molar-refractivity contribution in [1.29, 1.82) is 0 Å². The van der Waals surface area contributed by atoms with Gasteiger partial charge in [0.25, 0.3) is 0 Å². The molecule has 0 aliphatic carbocycles. The van der Waals surface area contributed by atoms with E-state index < -0.39 is 23.7 Å². The zero-order valence-corrected chi connectivity index (χ0v) is 13.1. The summed E-state index contributed by atoms with van der Waals surface area (Å²) in [7, 11) is 0. The molecule has 0 heterocycles. The molecule has 0 spiro atoms. The van der Waals surface area contributed by atoms with Crippen molar-refractivity contribution in [3.05, 3.63) is 28.0 Å². The van der Waals surface area contributed by atoms with E-state index in [1.165, 1.54) is 12.1 Å². The van der Waals surface area contributed by atoms with Gasteiger partial charge < -0.3 is 16.4 Å². The fourth-order valence-electron chi connectivity index (χ4n) is 1.42. The molecule has 0 aliphatic rings. The van der Waals surface area contributed by atoms with E-state index in [4.69, 9.17) is 28.9 Å². The standard InChI is InChI=1S/C13H16Cl2FN3O2/c1-6(2)12(17)13(21)18-5-10(20)19-7-3-8(14)11(16)9(15)4-7/h3-4,6,12H,5,17H2,1-2H3,(H,18,21)(H,19,20)/t12-/m0/s1. The summed E-state index contributed by atoms with van der Waals surface area (Å²) in [5, 5.41) is 4.44. The van der Waals surface area contributed by atoms with Crippen LogP contribution in [0.15, 0.2) is 12.1 Å². The minimum atomic E-state index is -0.757. The third kappa shape index (κ3) is 5.15. The fraction of sp³-hybridized carbons (Fsp3) is 0.385. The summed E-state index contributed by atoms with van der Waals surface area (Å²) in [4.78, 5) is 23.3. The number of amides is 2. The van der Waals surface area contributed by atoms with Crippen LogP contribution in [-0.4, -0.2) is 24.4 Å². The average Bonchev–Trinajstić information content (AvgIpc) is 2.41. The normalized spacial score (nSPS) is 12.1. The second-order valence-corrected chi connectivity index (χ2v) is 5.60. The molecule has 0 aromatic heterocycles. The Balaban J connectivity index is 2.57. The van der Waals surface area contributed by atoms with Crippen molar-refractivity contribution < 1.29 is 14.0 Å². The zero-order chi connectivity index (χ0) is 16.2. The molecule has 1 aromatic rings. The van der Waals surface area contributed by atoms with Gasteiger partial charge in [-0.1, -0.05) is 37.0 Å². The van der Waals surface area contributed by atoms with E-state index in [2.05, 4.69) is 10.6 Å². The van der Waals surface area contributed by atoms with Crippen molar-refractivity contribution >= 4 is 40.7 Å². The quantitative estimate of drug-likeness (QED) is 0.721. The molecule has 0 bridgehead atoms. The van der Waals surface area contributed by atoms with E-state index in [1.54, 1.807) is 13.8 Å². The van der Waals surface area contributed by atoms with Crippen molar-refractivity contribution in [2.75, 3.05) is 11.9 Å². The Morgan fingerprint density at radius 3 is 2.29 bits per heavy atom. The van der Waals surface area contributed by atoms with Crippen molar-refractivity contribution in [3.63, 3.8) is 0 Å². The van der Waals surface area contributed by atoms with Gasteiger partial charge >= 0.3 is 0 Å². The fourth-order valence-corrected chi connectivity index (χ4v) is 1.91. The maximum atomic E-state index is 13.2. The molecule has 1 atom stereocenters. The van der Waals surface area contributed by atoms with E-state index in [0.29, 0.717) is 0 Å². The largest absolute Gasteiger partial charge is 0.346 e. The predicted molar refractivity (Wildman–Crippen MR) is 80.9 cm³/mol. The molecular formula is C13H16Cl2FN3O2. The molecule has 8 heteroatoms. The molecule has 21 heavy (non-hydrogen) atoms. The number of nitrogens with two attached hydrogens (primary N) is 1. The molecule has 1 aromatic carbocycles. The Labute approximate surface area is 132 Å². The first-order chi connectivity index (χ1) is 9.72. The third-order valence-electron chi connectivity index (χ3n) is 2.71. The van der Waals surface area contributed by atoms with Crippen molar-refractivity contribution in [3.8, 4) is 0 Å². The highest BCUT2D eigenvalue weighted by Gasteiger charge is 2.17. The minimum Gasteiger partial charge on any atom is -0.346 e. The van der Waals surface area contributed by atoms with Crippen molar-refractivity contribution in [2.45, 2.75) is 19.9 Å². The first-order valence-corrected chi connectivity index (χ1v) is 6.95. The van der Waals surface area contributed by atoms with Gasteiger partial charge in [-0.25, -0.2) is 4.39 Å². The zero-order valence-electron chi connectivity index (χ0n) is 11.5. The highest BCUT2D eigenvalue weighted by atomic mass is 35.5. The average molecular weight is 336 g/mol. The topological polar surface area (TPSA) is 84.2 Å². The lowest BCUT2D eigenvalue weighted by Crippen LogP contribution is -2.46. The number of anilines is 1. The number of nitrogens with one attached hydrogen (secondary N) is 2. The van der Waals surface area contributed by atoms with E-state index >= 15 is 0 Å². The van der Waals surface area contributed by atoms with Crippen LogP contribution in [-0.2, 0) is 9.59 Å². The SMILES string of the molecule is CC(C)[C@H](N)C(=O)NCC(=O)Nc1cc(Cl)c(F)c(Cl)c1. The van der Waals surface area contributed by atoms with Crippen LogP contribution in [0.25, 0.3) is 0 Å². The van der Waals surface area contributed by atoms with Crippen LogP contribution in [0.4, 0.5) is 10.1 Å². The molecule has 1 rings (SSSR count). The summed E-state index contributed by atoms with van der Waals surface area (Å²) in [6.07, 6.45) is 0. The Morgan fingerprint density at radius 1 is 1.29 bits per heavy atom. The van der Waals surface area contributed by atoms with Crippen LogP contribution in [0.1, 0.15) is 13.8 Å². The second kappa shape index (κ2) is 7.59. The van der Waals surface area contributed by atoms with Gasteiger partial charge in [0.15, 0.2) is 5.82 Å². The highest BCUT2D eigenvalue weighted by Crippen LogP contribution is 2.27. The monoisotopic (exact) mass is 335 g/mol. The summed E-state index contributed by atoms with van der Waals surface area (Å²) in [6.45, 7) is 3.34. The predicted octanol–water partition coefficient (Wildman–Crippen LogP) is 2.17. The van der Waals surface area contributed by atoms with Gasteiger partial charge in [-0.05, 0) is 18.1 Å². The summed E-state index contributed by atoms with van der Waals surface area (Å²) < 4.78 is 13.2. The lowest BCUT2D eigenvalue weighted by molar-refractivity contribution is -0.125. The maximum Gasteiger partial charge on any atom is 0.243 e. The lowest BCUT2D eigenvalue weighted by atomic mass is 10.1. The molecule has 0 fully saturated rings. The molecule has 116 valence electrons. The Kier molecular flexibility index (Phi) is 6.39. The number of carbonyl (C=O) groups is 2. The number of benzene rings is 1. The van der Waals surface area contributed by atoms with Gasteiger partial charge in [0.05, 0.1) is 22.6 Å². The van der Waals surface area contributed by atoms with Crippen LogP contribution in [0.5, 0.6) is 0 Å². The van der Waals surface area contributed by atoms with Gasteiger partial charge in [0, 0.05) is 5.69 Å². The molecule has 0 unspecified atom stereocenters. The summed E-state index contributed by atoms with van der Waals surface area (Å²) in [5.41, 5.74) is 5.87. The Bertz CT molecular complexity index is 529. The number of rotatable bonds is 5. The van der Waals surface area contributed by atoms with Crippen molar-refractivity contribution in [2.24, 2.45) is 11.7 Å². The summed E-state index contributed by atoms with van der Waals surface area (Å²) in [6, 6.07) is 1.76. The van der Waals surface area contributed by atoms with Gasteiger partial charge in [-0.3, -0.25) is 9.59 Å². The van der Waals surface area contributed by atoms with Crippen LogP contribution in [0.3, 0.4) is 0 Å². The molecule has 0 radical (unpaired) electrons. The summed E-state index contributed by atoms with van der Waals surface area (Å²) >= 11 is 11.2. The number of carbonyl (C=O) groups excluding carboxylic acids is 2. The van der Waals surface area contributed by atoms with Crippen LogP contribution < -0.4 is 16.4 Å². The Hall–Kier alpha value is -1.37. The third-order valence-corrected chi connectivity index (χ3v) is 3.26. The van der Waals surface area contributed by atoms with Gasteiger partial charge in [0.2, 0.25) is 11.8 Å². The van der Waals surface area contributed by atoms with Crippen LogP contribution >= 0.6 is 23.2 Å². The van der Waals surface area contributed by atoms with Crippen LogP contribution in [0.2, 0.25) is 10.0 Å². The van der Waals surface area contributed by atoms with Gasteiger partial charge in [-0.15, -0.1) is 0 Å². The first-order valence-electron chi connectivity index (χ1n) is 6.20. The van der Waals surface area contributed by atoms with E-state index in [9.17, 15) is 14.0 Å². The van der Waals surface area contributed by atoms with Crippen LogP contribution in [0, 0.1) is 11.7 Å². The van der Waals surface area contributed by atoms with E-state index in [1.807, 2.05) is 0 Å². The molecule has 0 saturated heterocycles. The molecule has 2 amide bonds. The van der Waals surface area contributed by atoms with E-state index in [-0.39, 0.29) is 28.2 Å². The summed E-state index contributed by atoms with van der Waals surface area (Å²) in [5.74, 6) is -1.72. The second-order valence-electron chi connectivity index (χ2n) is 4.79. The molecule has 4 N–H and O–H groups in total. The van der Waals surface area contributed by atoms with Gasteiger partial charge in [0.1, 0.15) is 0 Å². The highest BCUT2D eigenvalue weighted by molar-refractivity contribution is 6.35. The maximum absolute atomic E-state index is 13.2. The molecule has 0 aliphatic heterocycles. The Morgan fingerprint density at radius 2 is 1.81 bits per heavy atom. The van der Waals surface area contributed by atoms with Gasteiger partial charge in [-0.2, -0.15) is 0 Å². The molecule has 0 saturated carbocycles. The number of hydrogen-bond donors (Lipinski definition) is 3. The number of halogens is 3. The number of hydrogen-bond acceptors (Lipinski definition) is 3. The lowest BCUT2D eigenvalue weighted by Gasteiger charge is -2.15. The molecule has 5 nitrogen and oxygen atoms in total. The van der Waals surface area contributed by atoms with E-state index in [0.717, 1.165) is 0 Å². The smallest absolute Gasteiger partial charge is 0.243 e. The molecular weight excluding hydrogens is 320 g/mol.